The van der Waals surface area contributed by atoms with E-state index in [1.165, 1.54) is 6.92 Å². The van der Waals surface area contributed by atoms with E-state index in [0.717, 1.165) is 36.9 Å². The summed E-state index contributed by atoms with van der Waals surface area (Å²) in [4.78, 5) is 10.9. The molecule has 0 atom stereocenters. The quantitative estimate of drug-likeness (QED) is 0.821. The van der Waals surface area contributed by atoms with Gasteiger partial charge in [-0.2, -0.15) is 5.26 Å². The van der Waals surface area contributed by atoms with Gasteiger partial charge in [-0.15, -0.1) is 0 Å². The predicted octanol–water partition coefficient (Wildman–Crippen LogP) is 2.85. The van der Waals surface area contributed by atoms with E-state index in [1.54, 1.807) is 0 Å². The fourth-order valence-electron chi connectivity index (χ4n) is 2.64. The highest BCUT2D eigenvalue weighted by Gasteiger charge is 2.35. The van der Waals surface area contributed by atoms with Gasteiger partial charge in [-0.3, -0.25) is 4.79 Å². The van der Waals surface area contributed by atoms with E-state index in [0.29, 0.717) is 0 Å². The number of nitriles is 1. The molecule has 1 amide bonds. The van der Waals surface area contributed by atoms with Crippen LogP contribution in [0.2, 0.25) is 0 Å². The van der Waals surface area contributed by atoms with Gasteiger partial charge in [0.15, 0.2) is 5.11 Å². The summed E-state index contributed by atoms with van der Waals surface area (Å²) >= 11 is 5.00. The van der Waals surface area contributed by atoms with Crippen molar-refractivity contribution in [1.29, 1.82) is 5.26 Å². The fraction of sp³-hybridized carbons (Fsp3) is 0.400. The van der Waals surface area contributed by atoms with Crippen LogP contribution >= 0.6 is 12.2 Å². The largest absolute Gasteiger partial charge is 0.332 e. The summed E-state index contributed by atoms with van der Waals surface area (Å²) in [5.41, 5.74) is 1.54. The summed E-state index contributed by atoms with van der Waals surface area (Å²) in [6.07, 6.45) is 4.08. The van der Waals surface area contributed by atoms with Gasteiger partial charge in [-0.1, -0.05) is 25.0 Å². The van der Waals surface area contributed by atoms with Crippen molar-refractivity contribution in [2.75, 3.05) is 5.32 Å². The molecule has 2 N–H and O–H groups in total. The average molecular weight is 287 g/mol. The van der Waals surface area contributed by atoms with Crippen LogP contribution in [0, 0.1) is 11.3 Å². The standard InChI is InChI=1S/C15H17N3OS/c1-11(19)17-14(20)18-13-6-4-12(5-7-13)15(10-16)8-2-3-9-15/h4-7H,2-3,8-9H2,1H3,(H2,17,18,19,20). The number of nitrogens with zero attached hydrogens (tertiary/aromatic N) is 1. The normalized spacial score (nSPS) is 16.2. The van der Waals surface area contributed by atoms with Gasteiger partial charge in [0.05, 0.1) is 11.5 Å². The second kappa shape index (κ2) is 6.02. The fourth-order valence-corrected chi connectivity index (χ4v) is 2.90. The Morgan fingerprint density at radius 2 is 1.90 bits per heavy atom. The summed E-state index contributed by atoms with van der Waals surface area (Å²) in [7, 11) is 0. The lowest BCUT2D eigenvalue weighted by Gasteiger charge is -2.21. The highest BCUT2D eigenvalue weighted by Crippen LogP contribution is 2.40. The van der Waals surface area contributed by atoms with Crippen LogP contribution in [0.4, 0.5) is 5.69 Å². The molecule has 1 aliphatic rings. The number of hydrogen-bond acceptors (Lipinski definition) is 3. The van der Waals surface area contributed by atoms with Crippen LogP contribution < -0.4 is 10.6 Å². The molecule has 1 aromatic rings. The summed E-state index contributed by atoms with van der Waals surface area (Å²) < 4.78 is 0. The Kier molecular flexibility index (Phi) is 4.35. The average Bonchev–Trinajstić information content (AvgIpc) is 2.88. The van der Waals surface area contributed by atoms with Crippen LogP contribution in [0.1, 0.15) is 38.2 Å². The Balaban J connectivity index is 2.09. The van der Waals surface area contributed by atoms with Gasteiger partial charge in [0.2, 0.25) is 5.91 Å². The third-order valence-electron chi connectivity index (χ3n) is 3.66. The van der Waals surface area contributed by atoms with E-state index in [1.807, 2.05) is 24.3 Å². The molecular formula is C15H17N3OS. The number of amides is 1. The third-order valence-corrected chi connectivity index (χ3v) is 3.86. The van der Waals surface area contributed by atoms with E-state index in [2.05, 4.69) is 16.7 Å². The van der Waals surface area contributed by atoms with Gasteiger partial charge in [-0.05, 0) is 42.8 Å². The Morgan fingerprint density at radius 3 is 2.40 bits per heavy atom. The summed E-state index contributed by atoms with van der Waals surface area (Å²) in [5, 5.41) is 15.2. The predicted molar refractivity (Wildman–Crippen MR) is 82.2 cm³/mol. The highest BCUT2D eigenvalue weighted by atomic mass is 32.1. The van der Waals surface area contributed by atoms with Gasteiger partial charge >= 0.3 is 0 Å². The molecule has 1 aromatic carbocycles. The molecule has 0 radical (unpaired) electrons. The van der Waals surface area contributed by atoms with Crippen LogP contribution in [0.25, 0.3) is 0 Å². The van der Waals surface area contributed by atoms with Crippen molar-refractivity contribution in [1.82, 2.24) is 5.32 Å². The highest BCUT2D eigenvalue weighted by molar-refractivity contribution is 7.80. The molecule has 0 bridgehead atoms. The summed E-state index contributed by atoms with van der Waals surface area (Å²) in [6.45, 7) is 1.41. The molecule has 0 heterocycles. The maximum Gasteiger partial charge on any atom is 0.222 e. The number of carbonyl (C=O) groups excluding carboxylic acids is 1. The van der Waals surface area contributed by atoms with Crippen molar-refractivity contribution >= 4 is 28.9 Å². The first-order chi connectivity index (χ1) is 9.55. The van der Waals surface area contributed by atoms with Gasteiger partial charge in [0.25, 0.3) is 0 Å². The van der Waals surface area contributed by atoms with Crippen LogP contribution in [0.5, 0.6) is 0 Å². The van der Waals surface area contributed by atoms with Crippen molar-refractivity contribution < 1.29 is 4.79 Å². The van der Waals surface area contributed by atoms with Crippen molar-refractivity contribution in [3.8, 4) is 6.07 Å². The van der Waals surface area contributed by atoms with Crippen LogP contribution in [-0.4, -0.2) is 11.0 Å². The zero-order chi connectivity index (χ0) is 14.6. The number of benzene rings is 1. The molecule has 5 heteroatoms. The maximum absolute atomic E-state index is 10.9. The van der Waals surface area contributed by atoms with Gasteiger partial charge in [0.1, 0.15) is 0 Å². The van der Waals surface area contributed by atoms with Crippen molar-refractivity contribution in [3.63, 3.8) is 0 Å². The van der Waals surface area contributed by atoms with E-state index in [4.69, 9.17) is 12.2 Å². The lowest BCUT2D eigenvalue weighted by Crippen LogP contribution is -2.32. The third kappa shape index (κ3) is 3.14. The van der Waals surface area contributed by atoms with Crippen molar-refractivity contribution in [2.45, 2.75) is 38.0 Å². The lowest BCUT2D eigenvalue weighted by molar-refractivity contribution is -0.117. The minimum atomic E-state index is -0.323. The number of carbonyl (C=O) groups is 1. The van der Waals surface area contributed by atoms with Crippen LogP contribution in [0.15, 0.2) is 24.3 Å². The Hall–Kier alpha value is -1.93. The second-order valence-corrected chi connectivity index (χ2v) is 5.52. The molecule has 0 unspecified atom stereocenters. The zero-order valence-corrected chi connectivity index (χ0v) is 12.2. The SMILES string of the molecule is CC(=O)NC(=S)Nc1ccc(C2(C#N)CCCC2)cc1. The molecule has 1 fully saturated rings. The minimum absolute atomic E-state index is 0.200. The summed E-state index contributed by atoms with van der Waals surface area (Å²) in [6, 6.07) is 10.2. The molecule has 1 aliphatic carbocycles. The number of hydrogen-bond donors (Lipinski definition) is 2. The van der Waals surface area contributed by atoms with Crippen molar-refractivity contribution in [3.05, 3.63) is 29.8 Å². The molecule has 0 spiro atoms. The molecule has 0 aliphatic heterocycles. The number of rotatable bonds is 2. The molecule has 2 rings (SSSR count). The lowest BCUT2D eigenvalue weighted by atomic mass is 9.80. The second-order valence-electron chi connectivity index (χ2n) is 5.11. The molecule has 20 heavy (non-hydrogen) atoms. The van der Waals surface area contributed by atoms with Gasteiger partial charge < -0.3 is 10.6 Å². The topological polar surface area (TPSA) is 64.9 Å². The maximum atomic E-state index is 10.9. The zero-order valence-electron chi connectivity index (χ0n) is 11.4. The number of thiocarbonyl (C=S) groups is 1. The molecule has 0 aromatic heterocycles. The number of anilines is 1. The minimum Gasteiger partial charge on any atom is -0.332 e. The first-order valence-corrected chi connectivity index (χ1v) is 7.07. The Bertz CT molecular complexity index is 553. The van der Waals surface area contributed by atoms with E-state index in [-0.39, 0.29) is 16.4 Å². The molecule has 4 nitrogen and oxygen atoms in total. The Morgan fingerprint density at radius 1 is 1.30 bits per heavy atom. The summed E-state index contributed by atoms with van der Waals surface area (Å²) in [5.74, 6) is -0.200. The first kappa shape index (κ1) is 14.5. The number of nitrogens with one attached hydrogen (secondary N) is 2. The van der Waals surface area contributed by atoms with Crippen LogP contribution in [0.3, 0.4) is 0 Å². The van der Waals surface area contributed by atoms with E-state index in [9.17, 15) is 10.1 Å². The van der Waals surface area contributed by atoms with E-state index >= 15 is 0 Å². The molecule has 104 valence electrons. The van der Waals surface area contributed by atoms with Crippen molar-refractivity contribution in [2.24, 2.45) is 0 Å². The van der Waals surface area contributed by atoms with Gasteiger partial charge in [-0.25, -0.2) is 0 Å². The van der Waals surface area contributed by atoms with Gasteiger partial charge in [0, 0.05) is 12.6 Å². The van der Waals surface area contributed by atoms with Crippen LogP contribution in [-0.2, 0) is 10.2 Å². The monoisotopic (exact) mass is 287 g/mol. The molecule has 1 saturated carbocycles. The van der Waals surface area contributed by atoms with E-state index < -0.39 is 0 Å². The Labute approximate surface area is 124 Å². The molecule has 0 saturated heterocycles. The molecular weight excluding hydrogens is 270 g/mol. The first-order valence-electron chi connectivity index (χ1n) is 6.66. The smallest absolute Gasteiger partial charge is 0.222 e.